The van der Waals surface area contributed by atoms with Gasteiger partial charge in [0.25, 0.3) is 0 Å². The number of halogens is 1. The number of hydrogen-bond acceptors (Lipinski definition) is 2. The summed E-state index contributed by atoms with van der Waals surface area (Å²) >= 11 is 0. The molecule has 0 aliphatic carbocycles. The van der Waals surface area contributed by atoms with E-state index < -0.39 is 0 Å². The number of aryl methyl sites for hydroxylation is 1. The average Bonchev–Trinajstić information content (AvgIpc) is 2.73. The Labute approximate surface area is 100 Å². The number of rotatable bonds is 4. The molecule has 1 aromatic heterocycles. The molecule has 2 aromatic rings. The van der Waals surface area contributed by atoms with Gasteiger partial charge in [0, 0.05) is 11.6 Å². The molecule has 17 heavy (non-hydrogen) atoms. The number of benzene rings is 1. The molecule has 3 heteroatoms. The maximum atomic E-state index is 13.5. The van der Waals surface area contributed by atoms with Gasteiger partial charge in [0.1, 0.15) is 17.3 Å². The van der Waals surface area contributed by atoms with Crippen LogP contribution in [0.4, 0.5) is 4.39 Å². The maximum absolute atomic E-state index is 13.5. The summed E-state index contributed by atoms with van der Waals surface area (Å²) < 4.78 is 19.0. The third-order valence-electron chi connectivity index (χ3n) is 2.75. The highest BCUT2D eigenvalue weighted by Gasteiger charge is 2.10. The van der Waals surface area contributed by atoms with Crippen molar-refractivity contribution in [3.8, 4) is 0 Å². The first-order chi connectivity index (χ1) is 8.16. The van der Waals surface area contributed by atoms with E-state index in [2.05, 4.69) is 5.32 Å². The van der Waals surface area contributed by atoms with Crippen molar-refractivity contribution in [1.29, 1.82) is 0 Å². The Hall–Kier alpha value is -1.61. The summed E-state index contributed by atoms with van der Waals surface area (Å²) in [5.74, 6) is 1.58. The van der Waals surface area contributed by atoms with Crippen LogP contribution in [0.5, 0.6) is 0 Å². The lowest BCUT2D eigenvalue weighted by atomic mass is 10.1. The first-order valence-corrected chi connectivity index (χ1v) is 5.70. The monoisotopic (exact) mass is 233 g/mol. The second-order valence-electron chi connectivity index (χ2n) is 4.14. The Bertz CT molecular complexity index is 492. The minimum Gasteiger partial charge on any atom is -0.465 e. The van der Waals surface area contributed by atoms with Crippen molar-refractivity contribution >= 4 is 0 Å². The predicted molar refractivity (Wildman–Crippen MR) is 65.1 cm³/mol. The molecule has 0 bridgehead atoms. The van der Waals surface area contributed by atoms with Gasteiger partial charge >= 0.3 is 0 Å². The molecular formula is C14H16FNO. The molecule has 2 rings (SSSR count). The molecule has 0 saturated carbocycles. The van der Waals surface area contributed by atoms with E-state index in [4.69, 9.17) is 4.42 Å². The van der Waals surface area contributed by atoms with Crippen LogP contribution in [-0.4, -0.2) is 0 Å². The third-order valence-corrected chi connectivity index (χ3v) is 2.75. The number of nitrogens with one attached hydrogen (secondary N) is 1. The summed E-state index contributed by atoms with van der Waals surface area (Å²) in [5.41, 5.74) is 0.677. The summed E-state index contributed by atoms with van der Waals surface area (Å²) in [6, 6.07) is 10.6. The van der Waals surface area contributed by atoms with Gasteiger partial charge in [0.2, 0.25) is 0 Å². The molecule has 1 atom stereocenters. The molecule has 0 radical (unpaired) electrons. The minimum absolute atomic E-state index is 0.0402. The van der Waals surface area contributed by atoms with Crippen molar-refractivity contribution in [2.45, 2.75) is 26.4 Å². The Balaban J connectivity index is 1.98. The minimum atomic E-state index is -0.178. The Morgan fingerprint density at radius 1 is 1.24 bits per heavy atom. The van der Waals surface area contributed by atoms with Crippen LogP contribution in [0.2, 0.25) is 0 Å². The molecular weight excluding hydrogens is 217 g/mol. The van der Waals surface area contributed by atoms with Crippen molar-refractivity contribution in [2.75, 3.05) is 0 Å². The molecule has 2 nitrogen and oxygen atoms in total. The number of furan rings is 1. The highest BCUT2D eigenvalue weighted by atomic mass is 19.1. The van der Waals surface area contributed by atoms with Gasteiger partial charge < -0.3 is 9.73 Å². The first kappa shape index (κ1) is 11.9. The number of hydrogen-bond donors (Lipinski definition) is 1. The normalized spacial score (nSPS) is 12.6. The van der Waals surface area contributed by atoms with Crippen LogP contribution in [0.3, 0.4) is 0 Å². The molecule has 0 saturated heterocycles. The summed E-state index contributed by atoms with van der Waals surface area (Å²) in [6.45, 7) is 4.45. The van der Waals surface area contributed by atoms with Crippen LogP contribution in [0.25, 0.3) is 0 Å². The molecule has 0 aliphatic heterocycles. The quantitative estimate of drug-likeness (QED) is 0.873. The van der Waals surface area contributed by atoms with Crippen LogP contribution in [-0.2, 0) is 6.54 Å². The molecule has 0 unspecified atom stereocenters. The fourth-order valence-corrected chi connectivity index (χ4v) is 1.77. The van der Waals surface area contributed by atoms with E-state index in [-0.39, 0.29) is 11.9 Å². The van der Waals surface area contributed by atoms with Crippen molar-refractivity contribution in [3.05, 3.63) is 59.3 Å². The molecule has 0 fully saturated rings. The second kappa shape index (κ2) is 5.15. The molecule has 0 amide bonds. The van der Waals surface area contributed by atoms with E-state index in [0.29, 0.717) is 12.1 Å². The summed E-state index contributed by atoms with van der Waals surface area (Å²) in [4.78, 5) is 0. The summed E-state index contributed by atoms with van der Waals surface area (Å²) in [6.07, 6.45) is 0. The van der Waals surface area contributed by atoms with Crippen molar-refractivity contribution in [3.63, 3.8) is 0 Å². The first-order valence-electron chi connectivity index (χ1n) is 5.70. The predicted octanol–water partition coefficient (Wildman–Crippen LogP) is 3.58. The van der Waals surface area contributed by atoms with E-state index in [9.17, 15) is 4.39 Å². The molecule has 1 heterocycles. The Morgan fingerprint density at radius 3 is 2.65 bits per heavy atom. The van der Waals surface area contributed by atoms with Crippen molar-refractivity contribution in [2.24, 2.45) is 0 Å². The van der Waals surface area contributed by atoms with E-state index in [0.717, 1.165) is 11.5 Å². The van der Waals surface area contributed by atoms with Gasteiger partial charge in [-0.15, -0.1) is 0 Å². The fourth-order valence-electron chi connectivity index (χ4n) is 1.77. The van der Waals surface area contributed by atoms with E-state index in [1.54, 1.807) is 12.1 Å². The van der Waals surface area contributed by atoms with Gasteiger partial charge in [-0.3, -0.25) is 0 Å². The van der Waals surface area contributed by atoms with Gasteiger partial charge in [0.05, 0.1) is 6.54 Å². The fraction of sp³-hybridized carbons (Fsp3) is 0.286. The highest BCUT2D eigenvalue weighted by molar-refractivity contribution is 5.20. The lowest BCUT2D eigenvalue weighted by Gasteiger charge is -2.13. The molecule has 1 aromatic carbocycles. The Kier molecular flexibility index (Phi) is 3.59. The van der Waals surface area contributed by atoms with Gasteiger partial charge in [-0.1, -0.05) is 18.2 Å². The topological polar surface area (TPSA) is 25.2 Å². The molecule has 90 valence electrons. The van der Waals surface area contributed by atoms with Crippen molar-refractivity contribution < 1.29 is 8.81 Å². The summed E-state index contributed by atoms with van der Waals surface area (Å²) in [5, 5.41) is 3.24. The van der Waals surface area contributed by atoms with E-state index in [1.165, 1.54) is 6.07 Å². The van der Waals surface area contributed by atoms with Gasteiger partial charge in [-0.05, 0) is 32.0 Å². The smallest absolute Gasteiger partial charge is 0.127 e. The maximum Gasteiger partial charge on any atom is 0.127 e. The summed E-state index contributed by atoms with van der Waals surface area (Å²) in [7, 11) is 0. The Morgan fingerprint density at radius 2 is 2.00 bits per heavy atom. The standard InChI is InChI=1S/C14H16FNO/c1-10-7-8-12(17-10)9-16-11(2)13-5-3-4-6-14(13)15/h3-8,11,16H,9H2,1-2H3/t11-/m1/s1. The zero-order chi connectivity index (χ0) is 12.3. The highest BCUT2D eigenvalue weighted by Crippen LogP contribution is 2.17. The third kappa shape index (κ3) is 2.94. The SMILES string of the molecule is Cc1ccc(CN[C@H](C)c2ccccc2F)o1. The van der Waals surface area contributed by atoms with Crippen LogP contribution < -0.4 is 5.32 Å². The molecule has 1 N–H and O–H groups in total. The van der Waals surface area contributed by atoms with Crippen LogP contribution in [0.1, 0.15) is 30.0 Å². The lowest BCUT2D eigenvalue weighted by Crippen LogP contribution is -2.18. The zero-order valence-corrected chi connectivity index (χ0v) is 10.0. The van der Waals surface area contributed by atoms with Crippen LogP contribution >= 0.6 is 0 Å². The lowest BCUT2D eigenvalue weighted by molar-refractivity contribution is 0.439. The second-order valence-corrected chi connectivity index (χ2v) is 4.14. The van der Waals surface area contributed by atoms with Gasteiger partial charge in [-0.2, -0.15) is 0 Å². The van der Waals surface area contributed by atoms with Crippen molar-refractivity contribution in [1.82, 2.24) is 5.32 Å². The average molecular weight is 233 g/mol. The van der Waals surface area contributed by atoms with E-state index >= 15 is 0 Å². The van der Waals surface area contributed by atoms with Gasteiger partial charge in [0.15, 0.2) is 0 Å². The largest absolute Gasteiger partial charge is 0.465 e. The van der Waals surface area contributed by atoms with Gasteiger partial charge in [-0.25, -0.2) is 4.39 Å². The van der Waals surface area contributed by atoms with Crippen LogP contribution in [0.15, 0.2) is 40.8 Å². The zero-order valence-electron chi connectivity index (χ0n) is 10.0. The molecule has 0 aliphatic rings. The van der Waals surface area contributed by atoms with Crippen LogP contribution in [0, 0.1) is 12.7 Å². The van der Waals surface area contributed by atoms with E-state index in [1.807, 2.05) is 32.0 Å². The molecule has 0 spiro atoms.